The number of hydrogen-bond donors (Lipinski definition) is 0. The molecule has 3 rings (SSSR count). The molecule has 19 heavy (non-hydrogen) atoms. The van der Waals surface area contributed by atoms with Crippen LogP contribution in [0, 0.1) is 20.8 Å². The molecule has 0 atom stereocenters. The molecule has 0 unspecified atom stereocenters. The van der Waals surface area contributed by atoms with Gasteiger partial charge in [-0.1, -0.05) is 41.5 Å². The Hall–Kier alpha value is -2.15. The average molecular weight is 247 g/mol. The number of aryl methyl sites for hydroxylation is 3. The third-order valence-electron chi connectivity index (χ3n) is 3.54. The fourth-order valence-electron chi connectivity index (χ4n) is 2.60. The number of benzene rings is 2. The Kier molecular flexibility index (Phi) is 2.83. The summed E-state index contributed by atoms with van der Waals surface area (Å²) in [5.41, 5.74) is 7.42. The summed E-state index contributed by atoms with van der Waals surface area (Å²) in [6, 6.07) is 15.2. The molecule has 0 bridgehead atoms. The molecule has 1 nitrogen and oxygen atoms in total. The minimum absolute atomic E-state index is 1.10. The van der Waals surface area contributed by atoms with Crippen LogP contribution in [-0.2, 0) is 0 Å². The van der Waals surface area contributed by atoms with Crippen molar-refractivity contribution in [2.45, 2.75) is 20.8 Å². The van der Waals surface area contributed by atoms with Gasteiger partial charge >= 0.3 is 0 Å². The molecule has 1 heteroatoms. The molecule has 0 fully saturated rings. The molecule has 0 aliphatic heterocycles. The largest absolute Gasteiger partial charge is 0.256 e. The van der Waals surface area contributed by atoms with Crippen LogP contribution in [0.3, 0.4) is 0 Å². The first kappa shape index (κ1) is 11.9. The maximum Gasteiger partial charge on any atom is 0.0737 e. The van der Waals surface area contributed by atoms with E-state index in [-0.39, 0.29) is 0 Å². The van der Waals surface area contributed by atoms with Crippen molar-refractivity contribution in [1.82, 2.24) is 4.98 Å². The summed E-state index contributed by atoms with van der Waals surface area (Å²) in [5, 5.41) is 1.24. The van der Waals surface area contributed by atoms with Gasteiger partial charge in [0.1, 0.15) is 0 Å². The lowest BCUT2D eigenvalue weighted by Crippen LogP contribution is -1.89. The number of pyridine rings is 1. The summed E-state index contributed by atoms with van der Waals surface area (Å²) < 4.78 is 0. The van der Waals surface area contributed by atoms with Gasteiger partial charge in [0.05, 0.1) is 5.52 Å². The third kappa shape index (κ3) is 2.12. The molecule has 1 aromatic heterocycles. The van der Waals surface area contributed by atoms with Crippen molar-refractivity contribution >= 4 is 10.9 Å². The van der Waals surface area contributed by atoms with Gasteiger partial charge in [0, 0.05) is 11.6 Å². The lowest BCUT2D eigenvalue weighted by molar-refractivity contribution is 1.34. The first-order valence-corrected chi connectivity index (χ1v) is 6.58. The van der Waals surface area contributed by atoms with Crippen molar-refractivity contribution in [2.75, 3.05) is 0 Å². The van der Waals surface area contributed by atoms with Gasteiger partial charge in [0.2, 0.25) is 0 Å². The van der Waals surface area contributed by atoms with Crippen molar-refractivity contribution in [2.24, 2.45) is 0 Å². The standard InChI is InChI=1S/C18H17N/c1-12-4-6-15(7-5-12)16-8-9-19-18-14(3)10-13(2)11-17(16)18/h4-11H,1-3H3. The highest BCUT2D eigenvalue weighted by Gasteiger charge is 2.07. The topological polar surface area (TPSA) is 12.9 Å². The molecule has 3 aromatic rings. The molecule has 2 aromatic carbocycles. The number of fused-ring (bicyclic) bond motifs is 1. The molecule has 0 aliphatic rings. The van der Waals surface area contributed by atoms with E-state index in [0.717, 1.165) is 5.52 Å². The third-order valence-corrected chi connectivity index (χ3v) is 3.54. The first-order valence-electron chi connectivity index (χ1n) is 6.58. The van der Waals surface area contributed by atoms with Gasteiger partial charge in [-0.05, 0) is 49.6 Å². The van der Waals surface area contributed by atoms with Crippen molar-refractivity contribution in [3.63, 3.8) is 0 Å². The van der Waals surface area contributed by atoms with Gasteiger partial charge in [-0.3, -0.25) is 4.98 Å². The zero-order valence-corrected chi connectivity index (χ0v) is 11.6. The Morgan fingerprint density at radius 2 is 1.53 bits per heavy atom. The Balaban J connectivity index is 2.32. The summed E-state index contributed by atoms with van der Waals surface area (Å²) in [5.74, 6) is 0. The summed E-state index contributed by atoms with van der Waals surface area (Å²) in [6.45, 7) is 6.38. The second-order valence-electron chi connectivity index (χ2n) is 5.20. The number of nitrogens with zero attached hydrogens (tertiary/aromatic N) is 1. The summed E-state index contributed by atoms with van der Waals surface area (Å²) in [7, 11) is 0. The molecule has 0 saturated heterocycles. The van der Waals surface area contributed by atoms with Crippen LogP contribution in [0.5, 0.6) is 0 Å². The van der Waals surface area contributed by atoms with Gasteiger partial charge in [-0.2, -0.15) is 0 Å². The lowest BCUT2D eigenvalue weighted by Gasteiger charge is -2.09. The maximum absolute atomic E-state index is 4.53. The molecule has 0 amide bonds. The van der Waals surface area contributed by atoms with Crippen molar-refractivity contribution < 1.29 is 0 Å². The minimum atomic E-state index is 1.10. The number of aromatic nitrogens is 1. The van der Waals surface area contributed by atoms with Crippen LogP contribution >= 0.6 is 0 Å². The molecular formula is C18H17N. The van der Waals surface area contributed by atoms with Gasteiger partial charge in [0.15, 0.2) is 0 Å². The van der Waals surface area contributed by atoms with Crippen molar-refractivity contribution in [3.8, 4) is 11.1 Å². The van der Waals surface area contributed by atoms with Crippen molar-refractivity contribution in [3.05, 3.63) is 65.4 Å². The zero-order valence-electron chi connectivity index (χ0n) is 11.6. The molecule has 0 saturated carbocycles. The monoisotopic (exact) mass is 247 g/mol. The minimum Gasteiger partial charge on any atom is -0.256 e. The highest BCUT2D eigenvalue weighted by molar-refractivity contribution is 5.96. The van der Waals surface area contributed by atoms with Gasteiger partial charge in [-0.25, -0.2) is 0 Å². The fourth-order valence-corrected chi connectivity index (χ4v) is 2.60. The van der Waals surface area contributed by atoms with E-state index in [0.29, 0.717) is 0 Å². The van der Waals surface area contributed by atoms with E-state index in [4.69, 9.17) is 0 Å². The van der Waals surface area contributed by atoms with Crippen LogP contribution in [-0.4, -0.2) is 4.98 Å². The average Bonchev–Trinajstić information content (AvgIpc) is 2.39. The predicted octanol–water partition coefficient (Wildman–Crippen LogP) is 4.83. The maximum atomic E-state index is 4.53. The van der Waals surface area contributed by atoms with Crippen LogP contribution in [0.2, 0.25) is 0 Å². The normalized spacial score (nSPS) is 10.9. The first-order chi connectivity index (χ1) is 9.15. The molecule has 1 heterocycles. The summed E-state index contributed by atoms with van der Waals surface area (Å²) >= 11 is 0. The SMILES string of the molecule is Cc1ccc(-c2ccnc3c(C)cc(C)cc23)cc1. The van der Waals surface area contributed by atoms with Gasteiger partial charge < -0.3 is 0 Å². The number of rotatable bonds is 1. The van der Waals surface area contributed by atoms with Crippen LogP contribution in [0.25, 0.3) is 22.0 Å². The second kappa shape index (κ2) is 4.51. The van der Waals surface area contributed by atoms with Crippen LogP contribution in [0.1, 0.15) is 16.7 Å². The van der Waals surface area contributed by atoms with E-state index in [2.05, 4.69) is 68.2 Å². The molecule has 94 valence electrons. The van der Waals surface area contributed by atoms with Gasteiger partial charge in [0.25, 0.3) is 0 Å². The highest BCUT2D eigenvalue weighted by atomic mass is 14.7. The van der Waals surface area contributed by atoms with E-state index < -0.39 is 0 Å². The molecule has 0 aliphatic carbocycles. The van der Waals surface area contributed by atoms with E-state index in [1.54, 1.807) is 0 Å². The molecule has 0 radical (unpaired) electrons. The number of hydrogen-bond acceptors (Lipinski definition) is 1. The summed E-state index contributed by atoms with van der Waals surface area (Å²) in [4.78, 5) is 4.53. The van der Waals surface area contributed by atoms with Gasteiger partial charge in [-0.15, -0.1) is 0 Å². The Morgan fingerprint density at radius 1 is 0.789 bits per heavy atom. The second-order valence-corrected chi connectivity index (χ2v) is 5.20. The smallest absolute Gasteiger partial charge is 0.0737 e. The van der Waals surface area contributed by atoms with E-state index in [9.17, 15) is 0 Å². The van der Waals surface area contributed by atoms with Crippen molar-refractivity contribution in [1.29, 1.82) is 0 Å². The Morgan fingerprint density at radius 3 is 2.26 bits per heavy atom. The van der Waals surface area contributed by atoms with E-state index in [1.165, 1.54) is 33.2 Å². The predicted molar refractivity (Wildman–Crippen MR) is 81.4 cm³/mol. The molecule has 0 spiro atoms. The van der Waals surface area contributed by atoms with Crippen LogP contribution in [0.15, 0.2) is 48.7 Å². The Bertz CT molecular complexity index is 739. The Labute approximate surface area is 113 Å². The zero-order chi connectivity index (χ0) is 13.4. The van der Waals surface area contributed by atoms with Crippen LogP contribution < -0.4 is 0 Å². The quantitative estimate of drug-likeness (QED) is 0.600. The van der Waals surface area contributed by atoms with E-state index in [1.807, 2.05) is 6.20 Å². The van der Waals surface area contributed by atoms with Crippen LogP contribution in [0.4, 0.5) is 0 Å². The summed E-state index contributed by atoms with van der Waals surface area (Å²) in [6.07, 6.45) is 1.90. The lowest BCUT2D eigenvalue weighted by atomic mass is 9.97. The molecular weight excluding hydrogens is 230 g/mol. The highest BCUT2D eigenvalue weighted by Crippen LogP contribution is 2.29. The fraction of sp³-hybridized carbons (Fsp3) is 0.167. The molecule has 0 N–H and O–H groups in total. The van der Waals surface area contributed by atoms with E-state index >= 15 is 0 Å².